The van der Waals surface area contributed by atoms with Crippen molar-refractivity contribution in [3.63, 3.8) is 0 Å². The number of hydrogen-bond acceptors (Lipinski definition) is 5. The van der Waals surface area contributed by atoms with Crippen LogP contribution < -0.4 is 10.6 Å². The van der Waals surface area contributed by atoms with E-state index in [2.05, 4.69) is 20.8 Å². The molecule has 2 rings (SSSR count). The number of hydrogen-bond donors (Lipinski definition) is 2. The second-order valence-electron chi connectivity index (χ2n) is 6.79. The molecule has 24 heavy (non-hydrogen) atoms. The predicted octanol–water partition coefficient (Wildman–Crippen LogP) is 3.08. The Balaban J connectivity index is 1.92. The molecule has 0 saturated heterocycles. The number of nitrogens with one attached hydrogen (secondary N) is 2. The molecule has 2 aromatic rings. The third-order valence-corrected chi connectivity index (χ3v) is 4.03. The lowest BCUT2D eigenvalue weighted by Gasteiger charge is -2.19. The average Bonchev–Trinajstić information content (AvgIpc) is 2.94. The van der Waals surface area contributed by atoms with Gasteiger partial charge in [-0.1, -0.05) is 62.4 Å². The molecular formula is C17H22N4O2S. The number of rotatable bonds is 5. The van der Waals surface area contributed by atoms with Crippen molar-refractivity contribution < 1.29 is 9.59 Å². The van der Waals surface area contributed by atoms with Crippen LogP contribution in [0.3, 0.4) is 0 Å². The molecule has 2 N–H and O–H groups in total. The van der Waals surface area contributed by atoms with E-state index in [1.54, 1.807) is 6.92 Å². The summed E-state index contributed by atoms with van der Waals surface area (Å²) >= 11 is 1.29. The molecule has 0 radical (unpaired) electrons. The predicted molar refractivity (Wildman–Crippen MR) is 95.7 cm³/mol. The minimum atomic E-state index is -0.635. The minimum absolute atomic E-state index is 0.121. The van der Waals surface area contributed by atoms with Crippen LogP contribution in [0.5, 0.6) is 0 Å². The summed E-state index contributed by atoms with van der Waals surface area (Å²) in [6.07, 6.45) is 0.363. The number of carbonyl (C=O) groups excluding carboxylic acids is 2. The monoisotopic (exact) mass is 346 g/mol. The number of amides is 2. The molecule has 0 aliphatic carbocycles. The first-order chi connectivity index (χ1) is 11.2. The van der Waals surface area contributed by atoms with Gasteiger partial charge in [-0.05, 0) is 12.3 Å². The summed E-state index contributed by atoms with van der Waals surface area (Å²) in [6, 6.07) is 8.99. The summed E-state index contributed by atoms with van der Waals surface area (Å²) in [5.74, 6) is -0.458. The smallest absolute Gasteiger partial charge is 0.248 e. The number of benzene rings is 1. The SMILES string of the molecule is CC(NC(=O)CC(C)(C)C)C(=O)Nc1nnc(-c2ccccc2)s1. The van der Waals surface area contributed by atoms with Crippen molar-refractivity contribution in [3.05, 3.63) is 30.3 Å². The Morgan fingerprint density at radius 2 is 1.83 bits per heavy atom. The second kappa shape index (κ2) is 7.53. The molecule has 128 valence electrons. The lowest BCUT2D eigenvalue weighted by molar-refractivity contribution is -0.127. The average molecular weight is 346 g/mol. The molecule has 1 unspecified atom stereocenters. The zero-order valence-corrected chi connectivity index (χ0v) is 15.1. The first-order valence-corrected chi connectivity index (χ1v) is 8.55. The van der Waals surface area contributed by atoms with Crippen LogP contribution in [-0.2, 0) is 9.59 Å². The van der Waals surface area contributed by atoms with Gasteiger partial charge in [-0.25, -0.2) is 0 Å². The summed E-state index contributed by atoms with van der Waals surface area (Å²) in [6.45, 7) is 7.58. The van der Waals surface area contributed by atoms with Crippen LogP contribution in [0.15, 0.2) is 30.3 Å². The Bertz CT molecular complexity index is 707. The van der Waals surface area contributed by atoms with Crippen molar-refractivity contribution in [1.29, 1.82) is 0 Å². The first kappa shape index (κ1) is 18.1. The standard InChI is InChI=1S/C17H22N4O2S/c1-11(18-13(22)10-17(2,3)4)14(23)19-16-21-20-15(24-16)12-8-6-5-7-9-12/h5-9,11H,10H2,1-4H3,(H,18,22)(H,19,21,23). The lowest BCUT2D eigenvalue weighted by atomic mass is 9.92. The van der Waals surface area contributed by atoms with Crippen molar-refractivity contribution in [1.82, 2.24) is 15.5 Å². The Morgan fingerprint density at radius 1 is 1.17 bits per heavy atom. The highest BCUT2D eigenvalue weighted by atomic mass is 32.1. The molecule has 0 aliphatic rings. The van der Waals surface area contributed by atoms with Crippen molar-refractivity contribution in [3.8, 4) is 10.6 Å². The van der Waals surface area contributed by atoms with Crippen LogP contribution in [-0.4, -0.2) is 28.1 Å². The van der Waals surface area contributed by atoms with Gasteiger partial charge >= 0.3 is 0 Å². The zero-order valence-electron chi connectivity index (χ0n) is 14.3. The molecule has 1 aromatic carbocycles. The summed E-state index contributed by atoms with van der Waals surface area (Å²) in [7, 11) is 0. The normalized spacial score (nSPS) is 12.5. The van der Waals surface area contributed by atoms with Crippen LogP contribution in [0.1, 0.15) is 34.1 Å². The fourth-order valence-electron chi connectivity index (χ4n) is 2.02. The summed E-state index contributed by atoms with van der Waals surface area (Å²) in [5, 5.41) is 14.6. The van der Waals surface area contributed by atoms with Gasteiger partial charge in [0.2, 0.25) is 16.9 Å². The van der Waals surface area contributed by atoms with Gasteiger partial charge in [0.25, 0.3) is 0 Å². The maximum absolute atomic E-state index is 12.2. The van der Waals surface area contributed by atoms with Crippen molar-refractivity contribution in [2.45, 2.75) is 40.2 Å². The second-order valence-corrected chi connectivity index (χ2v) is 7.77. The Morgan fingerprint density at radius 3 is 2.46 bits per heavy atom. The Hall–Kier alpha value is -2.28. The molecule has 6 nitrogen and oxygen atoms in total. The first-order valence-electron chi connectivity index (χ1n) is 7.74. The van der Waals surface area contributed by atoms with E-state index in [4.69, 9.17) is 0 Å². The molecule has 0 saturated carbocycles. The quantitative estimate of drug-likeness (QED) is 0.871. The van der Waals surface area contributed by atoms with Gasteiger partial charge in [0, 0.05) is 12.0 Å². The van der Waals surface area contributed by atoms with E-state index < -0.39 is 6.04 Å². The molecular weight excluding hydrogens is 324 g/mol. The highest BCUT2D eigenvalue weighted by molar-refractivity contribution is 7.18. The third kappa shape index (κ3) is 5.42. The molecule has 7 heteroatoms. The van der Waals surface area contributed by atoms with Gasteiger partial charge in [-0.3, -0.25) is 14.9 Å². The van der Waals surface area contributed by atoms with E-state index in [1.807, 2.05) is 51.1 Å². The summed E-state index contributed by atoms with van der Waals surface area (Å²) in [5.41, 5.74) is 0.825. The number of anilines is 1. The van der Waals surface area contributed by atoms with Gasteiger partial charge < -0.3 is 5.32 Å². The summed E-state index contributed by atoms with van der Waals surface area (Å²) in [4.78, 5) is 24.1. The third-order valence-electron chi connectivity index (χ3n) is 3.14. The van der Waals surface area contributed by atoms with Gasteiger partial charge in [0.05, 0.1) is 0 Å². The van der Waals surface area contributed by atoms with Gasteiger partial charge in [-0.2, -0.15) is 0 Å². The fraction of sp³-hybridized carbons (Fsp3) is 0.412. The van der Waals surface area contributed by atoms with E-state index in [9.17, 15) is 9.59 Å². The molecule has 0 aliphatic heterocycles. The van der Waals surface area contributed by atoms with E-state index in [-0.39, 0.29) is 17.2 Å². The highest BCUT2D eigenvalue weighted by Crippen LogP contribution is 2.26. The van der Waals surface area contributed by atoms with Crippen LogP contribution in [0.25, 0.3) is 10.6 Å². The molecule has 0 spiro atoms. The van der Waals surface area contributed by atoms with Gasteiger partial charge in [-0.15, -0.1) is 10.2 Å². The lowest BCUT2D eigenvalue weighted by Crippen LogP contribution is -2.42. The molecule has 1 aromatic heterocycles. The fourth-order valence-corrected chi connectivity index (χ4v) is 2.78. The van der Waals surface area contributed by atoms with E-state index in [1.165, 1.54) is 11.3 Å². The molecule has 1 atom stereocenters. The van der Waals surface area contributed by atoms with E-state index in [0.29, 0.717) is 11.6 Å². The van der Waals surface area contributed by atoms with Crippen LogP contribution >= 0.6 is 11.3 Å². The maximum atomic E-state index is 12.2. The largest absolute Gasteiger partial charge is 0.345 e. The highest BCUT2D eigenvalue weighted by Gasteiger charge is 2.21. The number of nitrogens with zero attached hydrogens (tertiary/aromatic N) is 2. The molecule has 0 fully saturated rings. The number of aromatic nitrogens is 2. The zero-order chi connectivity index (χ0) is 17.7. The van der Waals surface area contributed by atoms with Crippen molar-refractivity contribution >= 4 is 28.3 Å². The van der Waals surface area contributed by atoms with Crippen LogP contribution in [0.4, 0.5) is 5.13 Å². The number of carbonyl (C=O) groups is 2. The van der Waals surface area contributed by atoms with Crippen molar-refractivity contribution in [2.75, 3.05) is 5.32 Å². The summed E-state index contributed by atoms with van der Waals surface area (Å²) < 4.78 is 0. The molecule has 1 heterocycles. The Labute approximate surface area is 145 Å². The van der Waals surface area contributed by atoms with Crippen LogP contribution in [0.2, 0.25) is 0 Å². The molecule has 0 bridgehead atoms. The van der Waals surface area contributed by atoms with E-state index in [0.717, 1.165) is 10.6 Å². The maximum Gasteiger partial charge on any atom is 0.248 e. The van der Waals surface area contributed by atoms with Gasteiger partial charge in [0.1, 0.15) is 11.0 Å². The van der Waals surface area contributed by atoms with E-state index >= 15 is 0 Å². The topological polar surface area (TPSA) is 84.0 Å². The Kier molecular flexibility index (Phi) is 5.66. The molecule has 2 amide bonds. The van der Waals surface area contributed by atoms with Crippen LogP contribution in [0, 0.1) is 5.41 Å². The van der Waals surface area contributed by atoms with Gasteiger partial charge in [0.15, 0.2) is 0 Å². The minimum Gasteiger partial charge on any atom is -0.345 e. The van der Waals surface area contributed by atoms with Crippen molar-refractivity contribution in [2.24, 2.45) is 5.41 Å².